The van der Waals surface area contributed by atoms with E-state index in [0.29, 0.717) is 6.04 Å². The van der Waals surface area contributed by atoms with Crippen LogP contribution in [0, 0.1) is 3.57 Å². The molecule has 2 aromatic rings. The SMILES string of the molecule is Nc1ccc(NC2CCN(Cc3ccccc3)C2)c(I)c1. The fraction of sp³-hybridized carbons (Fsp3) is 0.294. The van der Waals surface area contributed by atoms with E-state index in [1.165, 1.54) is 21.2 Å². The molecule has 0 aliphatic carbocycles. The molecule has 0 aromatic heterocycles. The van der Waals surface area contributed by atoms with Gasteiger partial charge in [-0.05, 0) is 52.8 Å². The molecule has 3 nitrogen and oxygen atoms in total. The van der Waals surface area contributed by atoms with Crippen molar-refractivity contribution in [1.82, 2.24) is 4.90 Å². The standard InChI is InChI=1S/C17H20IN3/c18-16-10-14(19)6-7-17(16)20-15-8-9-21(12-15)11-13-4-2-1-3-5-13/h1-7,10,15,20H,8-9,11-12,19H2. The highest BCUT2D eigenvalue weighted by molar-refractivity contribution is 14.1. The smallest absolute Gasteiger partial charge is 0.0480 e. The third kappa shape index (κ3) is 3.89. The van der Waals surface area contributed by atoms with Gasteiger partial charge in [0.15, 0.2) is 0 Å². The quantitative estimate of drug-likeness (QED) is 0.617. The van der Waals surface area contributed by atoms with Gasteiger partial charge in [0.05, 0.1) is 0 Å². The Bertz CT molecular complexity index is 600. The Morgan fingerprint density at radius 3 is 2.76 bits per heavy atom. The van der Waals surface area contributed by atoms with E-state index in [-0.39, 0.29) is 0 Å². The lowest BCUT2D eigenvalue weighted by molar-refractivity contribution is 0.328. The van der Waals surface area contributed by atoms with Gasteiger partial charge in [-0.15, -0.1) is 0 Å². The Morgan fingerprint density at radius 2 is 2.00 bits per heavy atom. The Labute approximate surface area is 139 Å². The van der Waals surface area contributed by atoms with Crippen molar-refractivity contribution in [3.63, 3.8) is 0 Å². The van der Waals surface area contributed by atoms with Crippen LogP contribution in [0.1, 0.15) is 12.0 Å². The lowest BCUT2D eigenvalue weighted by Crippen LogP contribution is -2.26. The van der Waals surface area contributed by atoms with Gasteiger partial charge in [0.2, 0.25) is 0 Å². The van der Waals surface area contributed by atoms with Gasteiger partial charge in [-0.2, -0.15) is 0 Å². The van der Waals surface area contributed by atoms with Crippen LogP contribution in [-0.4, -0.2) is 24.0 Å². The van der Waals surface area contributed by atoms with Crippen LogP contribution in [0.4, 0.5) is 11.4 Å². The number of benzene rings is 2. The van der Waals surface area contributed by atoms with Crippen molar-refractivity contribution >= 4 is 34.0 Å². The van der Waals surface area contributed by atoms with Crippen LogP contribution < -0.4 is 11.1 Å². The average molecular weight is 393 g/mol. The van der Waals surface area contributed by atoms with Crippen LogP contribution in [0.25, 0.3) is 0 Å². The van der Waals surface area contributed by atoms with Crippen molar-refractivity contribution in [3.8, 4) is 0 Å². The first-order valence-corrected chi connectivity index (χ1v) is 8.36. The second-order valence-electron chi connectivity index (χ2n) is 5.59. The van der Waals surface area contributed by atoms with E-state index < -0.39 is 0 Å². The molecule has 3 N–H and O–H groups in total. The first-order valence-electron chi connectivity index (χ1n) is 7.28. The molecule has 1 unspecified atom stereocenters. The molecule has 1 heterocycles. The van der Waals surface area contributed by atoms with E-state index in [2.05, 4.69) is 69.2 Å². The number of nitrogen functional groups attached to an aromatic ring is 1. The molecule has 0 amide bonds. The predicted molar refractivity (Wildman–Crippen MR) is 97.3 cm³/mol. The zero-order valence-corrected chi connectivity index (χ0v) is 14.1. The number of nitrogens with one attached hydrogen (secondary N) is 1. The van der Waals surface area contributed by atoms with Gasteiger partial charge in [-0.25, -0.2) is 0 Å². The third-order valence-corrected chi connectivity index (χ3v) is 4.77. The number of hydrogen-bond donors (Lipinski definition) is 2. The highest BCUT2D eigenvalue weighted by Crippen LogP contribution is 2.24. The minimum absolute atomic E-state index is 0.519. The number of anilines is 2. The zero-order chi connectivity index (χ0) is 14.7. The Morgan fingerprint density at radius 1 is 1.19 bits per heavy atom. The molecular weight excluding hydrogens is 373 g/mol. The number of nitrogens with zero attached hydrogens (tertiary/aromatic N) is 1. The molecule has 1 saturated heterocycles. The second-order valence-corrected chi connectivity index (χ2v) is 6.75. The topological polar surface area (TPSA) is 41.3 Å². The minimum atomic E-state index is 0.519. The predicted octanol–water partition coefficient (Wildman–Crippen LogP) is 3.56. The van der Waals surface area contributed by atoms with E-state index in [0.717, 1.165) is 25.3 Å². The first-order chi connectivity index (χ1) is 10.2. The highest BCUT2D eigenvalue weighted by Gasteiger charge is 2.22. The van der Waals surface area contributed by atoms with E-state index in [1.807, 2.05) is 12.1 Å². The molecule has 0 radical (unpaired) electrons. The largest absolute Gasteiger partial charge is 0.399 e. The van der Waals surface area contributed by atoms with Gasteiger partial charge < -0.3 is 11.1 Å². The van der Waals surface area contributed by atoms with Gasteiger partial charge in [-0.1, -0.05) is 30.3 Å². The number of halogens is 1. The molecule has 2 aromatic carbocycles. The van der Waals surface area contributed by atoms with Crippen LogP contribution >= 0.6 is 22.6 Å². The van der Waals surface area contributed by atoms with Crippen LogP contribution in [0.5, 0.6) is 0 Å². The molecule has 4 heteroatoms. The monoisotopic (exact) mass is 393 g/mol. The molecule has 21 heavy (non-hydrogen) atoms. The summed E-state index contributed by atoms with van der Waals surface area (Å²) < 4.78 is 1.19. The molecule has 110 valence electrons. The molecule has 1 aliphatic rings. The first kappa shape index (κ1) is 14.7. The maximum absolute atomic E-state index is 5.80. The Hall–Kier alpha value is -1.27. The van der Waals surface area contributed by atoms with Crippen molar-refractivity contribution in [2.75, 3.05) is 24.1 Å². The molecule has 1 fully saturated rings. The molecule has 0 bridgehead atoms. The molecule has 1 atom stereocenters. The molecule has 0 saturated carbocycles. The van der Waals surface area contributed by atoms with Gasteiger partial charge in [0.25, 0.3) is 0 Å². The molecule has 1 aliphatic heterocycles. The van der Waals surface area contributed by atoms with Crippen molar-refractivity contribution in [1.29, 1.82) is 0 Å². The van der Waals surface area contributed by atoms with Crippen LogP contribution in [0.3, 0.4) is 0 Å². The van der Waals surface area contributed by atoms with Gasteiger partial charge in [-0.3, -0.25) is 4.90 Å². The average Bonchev–Trinajstić information content (AvgIpc) is 2.90. The van der Waals surface area contributed by atoms with Gasteiger partial charge >= 0.3 is 0 Å². The fourth-order valence-electron chi connectivity index (χ4n) is 2.80. The summed E-state index contributed by atoms with van der Waals surface area (Å²) >= 11 is 2.34. The summed E-state index contributed by atoms with van der Waals surface area (Å²) in [5, 5.41) is 3.65. The summed E-state index contributed by atoms with van der Waals surface area (Å²) in [6, 6.07) is 17.3. The van der Waals surface area contributed by atoms with Gasteiger partial charge in [0.1, 0.15) is 0 Å². The van der Waals surface area contributed by atoms with Crippen molar-refractivity contribution in [3.05, 3.63) is 57.7 Å². The maximum atomic E-state index is 5.80. The molecule has 3 rings (SSSR count). The van der Waals surface area contributed by atoms with Gasteiger partial charge in [0, 0.05) is 40.6 Å². The highest BCUT2D eigenvalue weighted by atomic mass is 127. The zero-order valence-electron chi connectivity index (χ0n) is 11.9. The summed E-state index contributed by atoms with van der Waals surface area (Å²) in [6.45, 7) is 3.28. The summed E-state index contributed by atoms with van der Waals surface area (Å²) in [5.74, 6) is 0. The number of hydrogen-bond acceptors (Lipinski definition) is 3. The van der Waals surface area contributed by atoms with Crippen molar-refractivity contribution < 1.29 is 0 Å². The second kappa shape index (κ2) is 6.66. The lowest BCUT2D eigenvalue weighted by atomic mass is 10.2. The lowest BCUT2D eigenvalue weighted by Gasteiger charge is -2.18. The van der Waals surface area contributed by atoms with E-state index in [9.17, 15) is 0 Å². The molecular formula is C17H20IN3. The van der Waals surface area contributed by atoms with Crippen LogP contribution in [0.2, 0.25) is 0 Å². The summed E-state index contributed by atoms with van der Waals surface area (Å²) in [4.78, 5) is 2.51. The third-order valence-electron chi connectivity index (χ3n) is 3.87. The minimum Gasteiger partial charge on any atom is -0.399 e. The summed E-state index contributed by atoms with van der Waals surface area (Å²) in [6.07, 6.45) is 1.19. The number of nitrogens with two attached hydrogens (primary N) is 1. The van der Waals surface area contributed by atoms with Crippen molar-refractivity contribution in [2.45, 2.75) is 19.0 Å². The summed E-state index contributed by atoms with van der Waals surface area (Å²) in [7, 11) is 0. The van der Waals surface area contributed by atoms with Crippen LogP contribution in [0.15, 0.2) is 48.5 Å². The maximum Gasteiger partial charge on any atom is 0.0480 e. The number of rotatable bonds is 4. The normalized spacial score (nSPS) is 18.8. The number of likely N-dealkylation sites (tertiary alicyclic amines) is 1. The van der Waals surface area contributed by atoms with E-state index >= 15 is 0 Å². The van der Waals surface area contributed by atoms with Crippen molar-refractivity contribution in [2.24, 2.45) is 0 Å². The Kier molecular flexibility index (Phi) is 4.65. The van der Waals surface area contributed by atoms with E-state index in [4.69, 9.17) is 5.73 Å². The summed E-state index contributed by atoms with van der Waals surface area (Å²) in [5.41, 5.74) is 9.20. The fourth-order valence-corrected chi connectivity index (χ4v) is 3.50. The van der Waals surface area contributed by atoms with E-state index in [1.54, 1.807) is 0 Å². The Balaban J connectivity index is 1.57. The molecule has 0 spiro atoms. The van der Waals surface area contributed by atoms with Crippen LogP contribution in [-0.2, 0) is 6.54 Å².